The monoisotopic (exact) mass is 222 g/mol. The van der Waals surface area contributed by atoms with Gasteiger partial charge in [-0.2, -0.15) is 0 Å². The smallest absolute Gasteiger partial charge is 0.173 e. The Hall–Kier alpha value is -2.49. The van der Waals surface area contributed by atoms with Gasteiger partial charge < -0.3 is 4.98 Å². The molecule has 17 heavy (non-hydrogen) atoms. The van der Waals surface area contributed by atoms with Crippen molar-refractivity contribution < 1.29 is 0 Å². The van der Waals surface area contributed by atoms with Crippen LogP contribution in [-0.2, 0) is 0 Å². The van der Waals surface area contributed by atoms with Crippen LogP contribution in [0.5, 0.6) is 0 Å². The number of fused-ring (bicyclic) bond motifs is 3. The van der Waals surface area contributed by atoms with E-state index in [1.807, 2.05) is 36.4 Å². The summed E-state index contributed by atoms with van der Waals surface area (Å²) < 4.78 is 0. The van der Waals surface area contributed by atoms with Crippen LogP contribution >= 0.6 is 0 Å². The highest BCUT2D eigenvalue weighted by Gasteiger charge is 2.06. The van der Waals surface area contributed by atoms with Crippen molar-refractivity contribution in [2.75, 3.05) is 0 Å². The number of benzene rings is 2. The van der Waals surface area contributed by atoms with Crippen molar-refractivity contribution in [2.45, 2.75) is 0 Å². The van der Waals surface area contributed by atoms with Gasteiger partial charge >= 0.3 is 0 Å². The largest absolute Gasteiger partial charge is 0.355 e. The van der Waals surface area contributed by atoms with E-state index >= 15 is 0 Å². The highest BCUT2D eigenvalue weighted by Crippen LogP contribution is 2.26. The van der Waals surface area contributed by atoms with Crippen LogP contribution in [0.4, 0.5) is 0 Å². The predicted molar refractivity (Wildman–Crippen MR) is 67.8 cm³/mol. The Balaban J connectivity index is 2.37. The van der Waals surface area contributed by atoms with Gasteiger partial charge in [-0.25, -0.2) is 5.53 Å². The fourth-order valence-corrected chi connectivity index (χ4v) is 2.06. The second-order valence-electron chi connectivity index (χ2n) is 3.89. The summed E-state index contributed by atoms with van der Waals surface area (Å²) in [6.45, 7) is 0. The maximum atomic E-state index is 7.55. The van der Waals surface area contributed by atoms with Crippen molar-refractivity contribution in [1.29, 1.82) is 10.9 Å². The van der Waals surface area contributed by atoms with Crippen LogP contribution in [0.1, 0.15) is 5.56 Å². The Morgan fingerprint density at radius 2 is 1.76 bits per heavy atom. The Labute approximate surface area is 97.3 Å². The Morgan fingerprint density at radius 1 is 1.00 bits per heavy atom. The standard InChI is InChI=1S/C13H10N4/c14-13(17-15)8-5-6-12-10(7-8)9-3-1-2-4-11(9)16-12/h1-7,14-16H. The van der Waals surface area contributed by atoms with Crippen molar-refractivity contribution in [1.82, 2.24) is 4.98 Å². The third kappa shape index (κ3) is 1.42. The molecule has 0 aliphatic carbocycles. The van der Waals surface area contributed by atoms with Crippen LogP contribution in [0.25, 0.3) is 21.8 Å². The maximum absolute atomic E-state index is 7.55. The lowest BCUT2D eigenvalue weighted by molar-refractivity contribution is 1.16. The molecule has 0 saturated heterocycles. The van der Waals surface area contributed by atoms with Crippen LogP contribution < -0.4 is 0 Å². The number of hydrogen-bond acceptors (Lipinski definition) is 2. The summed E-state index contributed by atoms with van der Waals surface area (Å²) in [5.74, 6) is -0.0165. The first kappa shape index (κ1) is 9.72. The zero-order valence-electron chi connectivity index (χ0n) is 8.99. The molecule has 1 heterocycles. The first-order valence-corrected chi connectivity index (χ1v) is 5.26. The van der Waals surface area contributed by atoms with Gasteiger partial charge in [0.05, 0.1) is 0 Å². The number of H-pyrrole nitrogens is 1. The molecule has 3 aromatic rings. The lowest BCUT2D eigenvalue weighted by Crippen LogP contribution is -1.92. The normalized spacial score (nSPS) is 10.8. The molecule has 4 heteroatoms. The topological polar surface area (TPSA) is 75.8 Å². The second kappa shape index (κ2) is 3.52. The fourth-order valence-electron chi connectivity index (χ4n) is 2.06. The minimum absolute atomic E-state index is 0.0165. The van der Waals surface area contributed by atoms with Gasteiger partial charge in [-0.05, 0) is 24.3 Å². The quantitative estimate of drug-likeness (QED) is 0.319. The van der Waals surface area contributed by atoms with E-state index in [-0.39, 0.29) is 5.84 Å². The van der Waals surface area contributed by atoms with Crippen molar-refractivity contribution >= 4 is 27.6 Å². The minimum Gasteiger partial charge on any atom is -0.355 e. The first-order chi connectivity index (χ1) is 8.29. The molecule has 3 rings (SSSR count). The van der Waals surface area contributed by atoms with Gasteiger partial charge in [0.1, 0.15) is 0 Å². The van der Waals surface area contributed by atoms with Crippen LogP contribution in [0, 0.1) is 10.9 Å². The summed E-state index contributed by atoms with van der Waals surface area (Å²) in [7, 11) is 0. The minimum atomic E-state index is -0.0165. The average molecular weight is 222 g/mol. The van der Waals surface area contributed by atoms with E-state index in [1.165, 1.54) is 0 Å². The highest BCUT2D eigenvalue weighted by atomic mass is 15.0. The SMILES string of the molecule is N=NC(=N)c1ccc2[nH]c3ccccc3c2c1. The molecule has 0 spiro atoms. The molecule has 0 radical (unpaired) electrons. The van der Waals surface area contributed by atoms with Gasteiger partial charge in [0, 0.05) is 27.4 Å². The predicted octanol–water partition coefficient (Wildman–Crippen LogP) is 3.68. The molecule has 0 unspecified atom stereocenters. The van der Waals surface area contributed by atoms with Gasteiger partial charge in [0.15, 0.2) is 5.84 Å². The molecule has 82 valence electrons. The van der Waals surface area contributed by atoms with Crippen LogP contribution in [0.3, 0.4) is 0 Å². The van der Waals surface area contributed by atoms with Crippen molar-refractivity contribution in [2.24, 2.45) is 5.11 Å². The highest BCUT2D eigenvalue weighted by molar-refractivity contribution is 6.10. The molecule has 0 amide bonds. The molecule has 2 aromatic carbocycles. The molecule has 1 aromatic heterocycles. The Kier molecular flexibility index (Phi) is 2.01. The van der Waals surface area contributed by atoms with E-state index < -0.39 is 0 Å². The number of hydrogen-bond donors (Lipinski definition) is 3. The number of rotatable bonds is 1. The molecular weight excluding hydrogens is 212 g/mol. The van der Waals surface area contributed by atoms with E-state index in [0.717, 1.165) is 21.8 Å². The molecule has 0 aliphatic heterocycles. The third-order valence-electron chi connectivity index (χ3n) is 2.89. The number of amidine groups is 1. The molecule has 0 bridgehead atoms. The molecular formula is C13H10N4. The first-order valence-electron chi connectivity index (χ1n) is 5.26. The number of aromatic nitrogens is 1. The van der Waals surface area contributed by atoms with Gasteiger partial charge in [0.2, 0.25) is 0 Å². The number of nitrogens with zero attached hydrogens (tertiary/aromatic N) is 1. The summed E-state index contributed by atoms with van der Waals surface area (Å²) in [4.78, 5) is 3.31. The number of para-hydroxylation sites is 1. The second-order valence-corrected chi connectivity index (χ2v) is 3.89. The average Bonchev–Trinajstić information content (AvgIpc) is 2.75. The Bertz CT molecular complexity index is 739. The van der Waals surface area contributed by atoms with Crippen LogP contribution in [0.15, 0.2) is 47.6 Å². The van der Waals surface area contributed by atoms with Gasteiger partial charge in [-0.3, -0.25) is 5.41 Å². The summed E-state index contributed by atoms with van der Waals surface area (Å²) in [6, 6.07) is 13.7. The summed E-state index contributed by atoms with van der Waals surface area (Å²) >= 11 is 0. The van der Waals surface area contributed by atoms with E-state index in [4.69, 9.17) is 10.9 Å². The van der Waals surface area contributed by atoms with E-state index in [0.29, 0.717) is 5.56 Å². The lowest BCUT2D eigenvalue weighted by atomic mass is 10.1. The third-order valence-corrected chi connectivity index (χ3v) is 2.89. The molecule has 0 saturated carbocycles. The number of aromatic amines is 1. The molecule has 0 atom stereocenters. The van der Waals surface area contributed by atoms with E-state index in [2.05, 4.69) is 10.1 Å². The molecule has 0 aliphatic rings. The molecule has 4 nitrogen and oxygen atoms in total. The summed E-state index contributed by atoms with van der Waals surface area (Å²) in [5.41, 5.74) is 9.65. The van der Waals surface area contributed by atoms with Gasteiger partial charge in [-0.15, -0.1) is 5.11 Å². The molecule has 0 fully saturated rings. The van der Waals surface area contributed by atoms with Crippen molar-refractivity contribution in [3.05, 3.63) is 48.0 Å². The van der Waals surface area contributed by atoms with Crippen LogP contribution in [0.2, 0.25) is 0 Å². The fraction of sp³-hybridized carbons (Fsp3) is 0. The van der Waals surface area contributed by atoms with Crippen molar-refractivity contribution in [3.8, 4) is 0 Å². The van der Waals surface area contributed by atoms with E-state index in [9.17, 15) is 0 Å². The molecule has 3 N–H and O–H groups in total. The summed E-state index contributed by atoms with van der Waals surface area (Å²) in [6.07, 6.45) is 0. The van der Waals surface area contributed by atoms with Crippen LogP contribution in [-0.4, -0.2) is 10.8 Å². The summed E-state index contributed by atoms with van der Waals surface area (Å²) in [5, 5.41) is 12.9. The zero-order valence-corrected chi connectivity index (χ0v) is 8.99. The van der Waals surface area contributed by atoms with E-state index in [1.54, 1.807) is 6.07 Å². The van der Waals surface area contributed by atoms with Gasteiger partial charge in [-0.1, -0.05) is 18.2 Å². The lowest BCUT2D eigenvalue weighted by Gasteiger charge is -1.97. The maximum Gasteiger partial charge on any atom is 0.173 e. The van der Waals surface area contributed by atoms with Gasteiger partial charge in [0.25, 0.3) is 0 Å². The van der Waals surface area contributed by atoms with Crippen molar-refractivity contribution in [3.63, 3.8) is 0 Å². The number of nitrogens with one attached hydrogen (secondary N) is 3. The zero-order chi connectivity index (χ0) is 11.8. The Morgan fingerprint density at radius 3 is 2.59 bits per heavy atom.